The van der Waals surface area contributed by atoms with Gasteiger partial charge < -0.3 is 0 Å². The molecular formula is C9H9F2. The highest BCUT2D eigenvalue weighted by Crippen LogP contribution is 2.12. The summed E-state index contributed by atoms with van der Waals surface area (Å²) >= 11 is 0. The molecule has 1 radical (unpaired) electrons. The molecule has 0 unspecified atom stereocenters. The molecule has 0 atom stereocenters. The third kappa shape index (κ3) is 1.76. The summed E-state index contributed by atoms with van der Waals surface area (Å²) < 4.78 is 25.3. The van der Waals surface area contributed by atoms with E-state index in [9.17, 15) is 8.78 Å². The van der Waals surface area contributed by atoms with Gasteiger partial charge in [-0.05, 0) is 24.5 Å². The average molecular weight is 155 g/mol. The molecule has 1 aromatic rings. The van der Waals surface area contributed by atoms with Crippen molar-refractivity contribution in [2.75, 3.05) is 0 Å². The fraction of sp³-hybridized carbons (Fsp3) is 0.222. The lowest BCUT2D eigenvalue weighted by atomic mass is 10.1. The van der Waals surface area contributed by atoms with E-state index in [0.717, 1.165) is 6.07 Å². The molecule has 0 amide bonds. The Bertz CT molecular complexity index is 243. The molecule has 0 fully saturated rings. The Balaban J connectivity index is 2.96. The molecule has 11 heavy (non-hydrogen) atoms. The van der Waals surface area contributed by atoms with E-state index >= 15 is 0 Å². The van der Waals surface area contributed by atoms with Crippen LogP contribution in [-0.4, -0.2) is 0 Å². The summed E-state index contributed by atoms with van der Waals surface area (Å²) in [7, 11) is 0. The standard InChI is InChI=1S/C9H9F2/c1-2-4-7-5-3-6-8(10)9(7)11/h3,5-6H,1-2,4H2. The molecule has 0 saturated heterocycles. The van der Waals surface area contributed by atoms with Crippen LogP contribution in [-0.2, 0) is 6.42 Å². The molecule has 0 nitrogen and oxygen atoms in total. The first-order valence-corrected chi connectivity index (χ1v) is 3.48. The summed E-state index contributed by atoms with van der Waals surface area (Å²) in [5, 5.41) is 0. The normalized spacial score (nSPS) is 10.1. The van der Waals surface area contributed by atoms with Crippen LogP contribution in [0.3, 0.4) is 0 Å². The zero-order chi connectivity index (χ0) is 8.27. The van der Waals surface area contributed by atoms with E-state index in [1.165, 1.54) is 6.07 Å². The largest absolute Gasteiger partial charge is 0.204 e. The summed E-state index contributed by atoms with van der Waals surface area (Å²) in [4.78, 5) is 0. The lowest BCUT2D eigenvalue weighted by molar-refractivity contribution is 0.498. The molecule has 0 aromatic heterocycles. The molecule has 2 heteroatoms. The van der Waals surface area contributed by atoms with Gasteiger partial charge in [0.25, 0.3) is 0 Å². The molecule has 1 aromatic carbocycles. The van der Waals surface area contributed by atoms with E-state index in [1.807, 2.05) is 0 Å². The maximum absolute atomic E-state index is 12.8. The predicted octanol–water partition coefficient (Wildman–Crippen LogP) is 2.73. The van der Waals surface area contributed by atoms with Crippen LogP contribution in [0, 0.1) is 18.6 Å². The molecule has 0 aliphatic heterocycles. The Morgan fingerprint density at radius 2 is 2.00 bits per heavy atom. The quantitative estimate of drug-likeness (QED) is 0.616. The van der Waals surface area contributed by atoms with Crippen molar-refractivity contribution in [3.05, 3.63) is 42.3 Å². The Hall–Kier alpha value is -0.920. The number of benzene rings is 1. The van der Waals surface area contributed by atoms with E-state index in [-0.39, 0.29) is 0 Å². The second-order valence-corrected chi connectivity index (χ2v) is 2.32. The van der Waals surface area contributed by atoms with Crippen LogP contribution in [0.5, 0.6) is 0 Å². The van der Waals surface area contributed by atoms with Crippen molar-refractivity contribution < 1.29 is 8.78 Å². The van der Waals surface area contributed by atoms with Crippen LogP contribution < -0.4 is 0 Å². The third-order valence-corrected chi connectivity index (χ3v) is 1.48. The van der Waals surface area contributed by atoms with Gasteiger partial charge in [-0.2, -0.15) is 0 Å². The molecule has 1 rings (SSSR count). The molecule has 0 N–H and O–H groups in total. The topological polar surface area (TPSA) is 0 Å². The monoisotopic (exact) mass is 155 g/mol. The fourth-order valence-corrected chi connectivity index (χ4v) is 0.932. The molecule has 0 aliphatic rings. The average Bonchev–Trinajstić information content (AvgIpc) is 1.99. The highest BCUT2D eigenvalue weighted by Gasteiger charge is 2.04. The predicted molar refractivity (Wildman–Crippen MR) is 40.0 cm³/mol. The molecule has 0 heterocycles. The van der Waals surface area contributed by atoms with Crippen molar-refractivity contribution in [3.8, 4) is 0 Å². The molecular weight excluding hydrogens is 146 g/mol. The van der Waals surface area contributed by atoms with Crippen molar-refractivity contribution in [1.29, 1.82) is 0 Å². The minimum atomic E-state index is -0.782. The second-order valence-electron chi connectivity index (χ2n) is 2.32. The number of halogens is 2. The molecule has 0 bridgehead atoms. The van der Waals surface area contributed by atoms with Crippen LogP contribution in [0.1, 0.15) is 12.0 Å². The number of hydrogen-bond donors (Lipinski definition) is 0. The van der Waals surface area contributed by atoms with Gasteiger partial charge in [0.15, 0.2) is 11.6 Å². The first-order chi connectivity index (χ1) is 5.25. The minimum Gasteiger partial charge on any atom is -0.204 e. The minimum absolute atomic E-state index is 0.403. The Morgan fingerprint density at radius 1 is 1.27 bits per heavy atom. The zero-order valence-corrected chi connectivity index (χ0v) is 6.11. The van der Waals surface area contributed by atoms with Crippen molar-refractivity contribution >= 4 is 0 Å². The Labute approximate surface area is 64.9 Å². The van der Waals surface area contributed by atoms with E-state index in [4.69, 9.17) is 0 Å². The maximum atomic E-state index is 12.8. The van der Waals surface area contributed by atoms with Gasteiger partial charge in [0.2, 0.25) is 0 Å². The molecule has 59 valence electrons. The number of rotatable bonds is 2. The van der Waals surface area contributed by atoms with Crippen molar-refractivity contribution in [2.24, 2.45) is 0 Å². The van der Waals surface area contributed by atoms with Gasteiger partial charge in [-0.25, -0.2) is 8.78 Å². The maximum Gasteiger partial charge on any atom is 0.162 e. The van der Waals surface area contributed by atoms with Gasteiger partial charge in [-0.15, -0.1) is 0 Å². The zero-order valence-electron chi connectivity index (χ0n) is 6.11. The smallest absolute Gasteiger partial charge is 0.162 e. The number of hydrogen-bond acceptors (Lipinski definition) is 0. The van der Waals surface area contributed by atoms with E-state index in [2.05, 4.69) is 6.92 Å². The second kappa shape index (κ2) is 3.46. The van der Waals surface area contributed by atoms with E-state index < -0.39 is 11.6 Å². The first kappa shape index (κ1) is 8.18. The lowest BCUT2D eigenvalue weighted by Crippen LogP contribution is -1.92. The van der Waals surface area contributed by atoms with Crippen molar-refractivity contribution in [1.82, 2.24) is 0 Å². The van der Waals surface area contributed by atoms with E-state index in [0.29, 0.717) is 18.4 Å². The lowest BCUT2D eigenvalue weighted by Gasteiger charge is -1.99. The summed E-state index contributed by atoms with van der Waals surface area (Å²) in [6.07, 6.45) is 1.07. The van der Waals surface area contributed by atoms with Gasteiger partial charge in [-0.3, -0.25) is 0 Å². The number of aryl methyl sites for hydroxylation is 1. The first-order valence-electron chi connectivity index (χ1n) is 3.48. The van der Waals surface area contributed by atoms with Crippen LogP contribution in [0.25, 0.3) is 0 Å². The Kier molecular flexibility index (Phi) is 2.58. The van der Waals surface area contributed by atoms with Gasteiger partial charge in [0, 0.05) is 0 Å². The Morgan fingerprint density at radius 3 is 2.64 bits per heavy atom. The van der Waals surface area contributed by atoms with E-state index in [1.54, 1.807) is 6.07 Å². The summed E-state index contributed by atoms with van der Waals surface area (Å²) in [5.74, 6) is -1.52. The molecule has 0 saturated carbocycles. The van der Waals surface area contributed by atoms with Gasteiger partial charge in [0.05, 0.1) is 0 Å². The van der Waals surface area contributed by atoms with Crippen molar-refractivity contribution in [2.45, 2.75) is 12.8 Å². The summed E-state index contributed by atoms with van der Waals surface area (Å²) in [6.45, 7) is 3.56. The van der Waals surface area contributed by atoms with Gasteiger partial charge >= 0.3 is 0 Å². The summed E-state index contributed by atoms with van der Waals surface area (Å²) in [5.41, 5.74) is 0.403. The SMILES string of the molecule is [CH2]CCc1cccc(F)c1F. The van der Waals surface area contributed by atoms with Crippen LogP contribution in [0.2, 0.25) is 0 Å². The van der Waals surface area contributed by atoms with Crippen LogP contribution in [0.15, 0.2) is 18.2 Å². The highest BCUT2D eigenvalue weighted by atomic mass is 19.2. The van der Waals surface area contributed by atoms with Crippen molar-refractivity contribution in [3.63, 3.8) is 0 Å². The summed E-state index contributed by atoms with van der Waals surface area (Å²) in [6, 6.07) is 4.19. The fourth-order valence-electron chi connectivity index (χ4n) is 0.932. The molecule has 0 spiro atoms. The van der Waals surface area contributed by atoms with Gasteiger partial charge in [-0.1, -0.05) is 19.1 Å². The molecule has 0 aliphatic carbocycles. The van der Waals surface area contributed by atoms with Crippen LogP contribution >= 0.6 is 0 Å². The third-order valence-electron chi connectivity index (χ3n) is 1.48. The van der Waals surface area contributed by atoms with Crippen LogP contribution in [0.4, 0.5) is 8.78 Å². The van der Waals surface area contributed by atoms with Gasteiger partial charge in [0.1, 0.15) is 0 Å². The highest BCUT2D eigenvalue weighted by molar-refractivity contribution is 5.18.